The number of rotatable bonds is 4. The van der Waals surface area contributed by atoms with Gasteiger partial charge in [-0.2, -0.15) is 0 Å². The zero-order valence-electron chi connectivity index (χ0n) is 13.5. The second-order valence-corrected chi connectivity index (χ2v) is 6.51. The number of carbonyl (C=O) groups excluding carboxylic acids is 1. The predicted octanol–water partition coefficient (Wildman–Crippen LogP) is 4.92. The van der Waals surface area contributed by atoms with Crippen molar-refractivity contribution < 1.29 is 13.9 Å². The molecule has 1 atom stereocenters. The third-order valence-electron chi connectivity index (χ3n) is 3.49. The molecule has 2 rings (SSSR count). The molecule has 3 nitrogen and oxygen atoms in total. The first kappa shape index (κ1) is 17.5. The molecule has 0 aliphatic rings. The van der Waals surface area contributed by atoms with E-state index in [1.807, 2.05) is 32.9 Å². The van der Waals surface area contributed by atoms with E-state index in [0.29, 0.717) is 4.47 Å². The van der Waals surface area contributed by atoms with Crippen molar-refractivity contribution in [2.24, 2.45) is 0 Å². The molecule has 0 saturated carbocycles. The fourth-order valence-corrected chi connectivity index (χ4v) is 2.75. The molecular weight excluding hydrogens is 361 g/mol. The molecule has 0 saturated heterocycles. The van der Waals surface area contributed by atoms with Crippen LogP contribution in [0.1, 0.15) is 23.6 Å². The third kappa shape index (κ3) is 4.32. The highest BCUT2D eigenvalue weighted by molar-refractivity contribution is 9.10. The Kier molecular flexibility index (Phi) is 5.42. The number of nitrogens with one attached hydrogen (secondary N) is 1. The standard InChI is InChI=1S/C18H19BrFNO2/c1-10-7-11(2)17(12(3)8-10)21-18(22)13(4)23-16-6-5-14(19)9-15(16)20/h5-9,13H,1-4H3,(H,21,22). The van der Waals surface area contributed by atoms with Crippen LogP contribution >= 0.6 is 15.9 Å². The van der Waals surface area contributed by atoms with E-state index in [1.54, 1.807) is 13.0 Å². The molecule has 1 N–H and O–H groups in total. The molecule has 0 fully saturated rings. The summed E-state index contributed by atoms with van der Waals surface area (Å²) in [6.45, 7) is 7.48. The number of hydrogen-bond acceptors (Lipinski definition) is 2. The van der Waals surface area contributed by atoms with Gasteiger partial charge in [-0.25, -0.2) is 4.39 Å². The first-order valence-electron chi connectivity index (χ1n) is 7.28. The average Bonchev–Trinajstić information content (AvgIpc) is 2.45. The van der Waals surface area contributed by atoms with Crippen LogP contribution in [0.25, 0.3) is 0 Å². The van der Waals surface area contributed by atoms with Crippen LogP contribution in [-0.4, -0.2) is 12.0 Å². The van der Waals surface area contributed by atoms with Gasteiger partial charge in [0.1, 0.15) is 0 Å². The van der Waals surface area contributed by atoms with Crippen LogP contribution < -0.4 is 10.1 Å². The Hall–Kier alpha value is -1.88. The highest BCUT2D eigenvalue weighted by Gasteiger charge is 2.18. The van der Waals surface area contributed by atoms with Gasteiger partial charge in [0.05, 0.1) is 0 Å². The zero-order chi connectivity index (χ0) is 17.1. The van der Waals surface area contributed by atoms with Gasteiger partial charge >= 0.3 is 0 Å². The lowest BCUT2D eigenvalue weighted by atomic mass is 10.0. The minimum atomic E-state index is -0.814. The van der Waals surface area contributed by atoms with Crippen molar-refractivity contribution in [2.75, 3.05) is 5.32 Å². The van der Waals surface area contributed by atoms with Crippen molar-refractivity contribution in [3.05, 3.63) is 57.3 Å². The molecule has 1 unspecified atom stereocenters. The molecular formula is C18H19BrFNO2. The molecule has 0 spiro atoms. The molecule has 5 heteroatoms. The maximum Gasteiger partial charge on any atom is 0.265 e. The average molecular weight is 380 g/mol. The lowest BCUT2D eigenvalue weighted by molar-refractivity contribution is -0.122. The van der Waals surface area contributed by atoms with Gasteiger partial charge in [-0.05, 0) is 57.0 Å². The number of hydrogen-bond donors (Lipinski definition) is 1. The molecule has 0 heterocycles. The molecule has 0 aromatic heterocycles. The quantitative estimate of drug-likeness (QED) is 0.818. The Labute approximate surface area is 144 Å². The number of amides is 1. The second kappa shape index (κ2) is 7.13. The Morgan fingerprint density at radius 3 is 2.35 bits per heavy atom. The Morgan fingerprint density at radius 2 is 1.78 bits per heavy atom. The van der Waals surface area contributed by atoms with E-state index >= 15 is 0 Å². The summed E-state index contributed by atoms with van der Waals surface area (Å²) in [6.07, 6.45) is -0.814. The molecule has 0 bridgehead atoms. The highest BCUT2D eigenvalue weighted by Crippen LogP contribution is 2.24. The summed E-state index contributed by atoms with van der Waals surface area (Å²) in [7, 11) is 0. The van der Waals surface area contributed by atoms with Gasteiger partial charge in [0.25, 0.3) is 5.91 Å². The van der Waals surface area contributed by atoms with Crippen LogP contribution in [0.2, 0.25) is 0 Å². The van der Waals surface area contributed by atoms with E-state index in [1.165, 1.54) is 12.1 Å². The smallest absolute Gasteiger partial charge is 0.265 e. The van der Waals surface area contributed by atoms with Crippen LogP contribution in [0.5, 0.6) is 5.75 Å². The van der Waals surface area contributed by atoms with E-state index in [-0.39, 0.29) is 11.7 Å². The van der Waals surface area contributed by atoms with Gasteiger partial charge in [0.2, 0.25) is 0 Å². The fraction of sp³-hybridized carbons (Fsp3) is 0.278. The van der Waals surface area contributed by atoms with E-state index < -0.39 is 11.9 Å². The molecule has 0 radical (unpaired) electrons. The number of carbonyl (C=O) groups is 1. The number of halogens is 2. The normalized spacial score (nSPS) is 11.9. The summed E-state index contributed by atoms with van der Waals surface area (Å²) in [5, 5.41) is 2.86. The topological polar surface area (TPSA) is 38.3 Å². The lowest BCUT2D eigenvalue weighted by Gasteiger charge is -2.18. The largest absolute Gasteiger partial charge is 0.478 e. The Bertz CT molecular complexity index is 723. The maximum absolute atomic E-state index is 13.8. The lowest BCUT2D eigenvalue weighted by Crippen LogP contribution is -2.31. The van der Waals surface area contributed by atoms with Gasteiger partial charge in [0.15, 0.2) is 17.7 Å². The minimum absolute atomic E-state index is 0.0493. The number of aryl methyl sites for hydroxylation is 3. The van der Waals surface area contributed by atoms with E-state index in [4.69, 9.17) is 4.74 Å². The second-order valence-electron chi connectivity index (χ2n) is 5.60. The van der Waals surface area contributed by atoms with Gasteiger partial charge in [-0.1, -0.05) is 33.6 Å². The first-order chi connectivity index (χ1) is 10.8. The summed E-state index contributed by atoms with van der Waals surface area (Å²) in [6, 6.07) is 8.46. The summed E-state index contributed by atoms with van der Waals surface area (Å²) in [5.41, 5.74) is 3.88. The fourth-order valence-electron chi connectivity index (χ4n) is 2.42. The molecule has 23 heavy (non-hydrogen) atoms. The number of anilines is 1. The molecule has 2 aromatic carbocycles. The monoisotopic (exact) mass is 379 g/mol. The third-order valence-corrected chi connectivity index (χ3v) is 3.99. The van der Waals surface area contributed by atoms with Crippen molar-refractivity contribution in [3.63, 3.8) is 0 Å². The van der Waals surface area contributed by atoms with Gasteiger partial charge in [0, 0.05) is 10.2 Å². The van der Waals surface area contributed by atoms with Gasteiger partial charge in [-0.3, -0.25) is 4.79 Å². The Balaban J connectivity index is 2.11. The summed E-state index contributed by atoms with van der Waals surface area (Å²) in [5.74, 6) is -0.780. The zero-order valence-corrected chi connectivity index (χ0v) is 15.1. The van der Waals surface area contributed by atoms with Gasteiger partial charge < -0.3 is 10.1 Å². The molecule has 122 valence electrons. The SMILES string of the molecule is Cc1cc(C)c(NC(=O)C(C)Oc2ccc(Br)cc2F)c(C)c1. The Morgan fingerprint density at radius 1 is 1.17 bits per heavy atom. The number of benzene rings is 2. The van der Waals surface area contributed by atoms with E-state index in [0.717, 1.165) is 22.4 Å². The molecule has 0 aliphatic heterocycles. The van der Waals surface area contributed by atoms with E-state index in [9.17, 15) is 9.18 Å². The highest BCUT2D eigenvalue weighted by atomic mass is 79.9. The van der Waals surface area contributed by atoms with Crippen LogP contribution in [0.3, 0.4) is 0 Å². The van der Waals surface area contributed by atoms with Crippen molar-refractivity contribution in [1.82, 2.24) is 0 Å². The van der Waals surface area contributed by atoms with Crippen molar-refractivity contribution >= 4 is 27.5 Å². The van der Waals surface area contributed by atoms with Crippen molar-refractivity contribution in [3.8, 4) is 5.75 Å². The molecule has 2 aromatic rings. The van der Waals surface area contributed by atoms with Gasteiger partial charge in [-0.15, -0.1) is 0 Å². The summed E-state index contributed by atoms with van der Waals surface area (Å²) >= 11 is 3.18. The van der Waals surface area contributed by atoms with Crippen LogP contribution in [0, 0.1) is 26.6 Å². The minimum Gasteiger partial charge on any atom is -0.478 e. The van der Waals surface area contributed by atoms with Crippen LogP contribution in [-0.2, 0) is 4.79 Å². The van der Waals surface area contributed by atoms with Crippen LogP contribution in [0.4, 0.5) is 10.1 Å². The molecule has 1 amide bonds. The van der Waals surface area contributed by atoms with Crippen molar-refractivity contribution in [2.45, 2.75) is 33.8 Å². The summed E-state index contributed by atoms with van der Waals surface area (Å²) in [4.78, 5) is 12.3. The summed E-state index contributed by atoms with van der Waals surface area (Å²) < 4.78 is 19.8. The number of ether oxygens (including phenoxy) is 1. The maximum atomic E-state index is 13.8. The first-order valence-corrected chi connectivity index (χ1v) is 8.07. The van der Waals surface area contributed by atoms with Crippen LogP contribution in [0.15, 0.2) is 34.8 Å². The predicted molar refractivity (Wildman–Crippen MR) is 93.5 cm³/mol. The van der Waals surface area contributed by atoms with E-state index in [2.05, 4.69) is 21.2 Å². The van der Waals surface area contributed by atoms with Crippen molar-refractivity contribution in [1.29, 1.82) is 0 Å². The molecule has 0 aliphatic carbocycles.